The summed E-state index contributed by atoms with van der Waals surface area (Å²) < 4.78 is 5.42. The number of hydrazone groups is 1. The van der Waals surface area contributed by atoms with Gasteiger partial charge in [-0.1, -0.05) is 29.8 Å². The number of amides is 1. The van der Waals surface area contributed by atoms with Gasteiger partial charge in [0.15, 0.2) is 0 Å². The molecule has 7 nitrogen and oxygen atoms in total. The molecule has 1 aromatic carbocycles. The van der Waals surface area contributed by atoms with Crippen molar-refractivity contribution < 1.29 is 19.1 Å². The zero-order valence-electron chi connectivity index (χ0n) is 15.6. The summed E-state index contributed by atoms with van der Waals surface area (Å²) in [6, 6.07) is 10.7. The van der Waals surface area contributed by atoms with Crippen LogP contribution in [0.15, 0.2) is 52.2 Å². The highest BCUT2D eigenvalue weighted by atomic mass is 35.5. The summed E-state index contributed by atoms with van der Waals surface area (Å²) in [7, 11) is 0. The van der Waals surface area contributed by atoms with Crippen LogP contribution in [-0.2, 0) is 9.59 Å². The van der Waals surface area contributed by atoms with E-state index in [2.05, 4.69) is 10.1 Å². The van der Waals surface area contributed by atoms with Gasteiger partial charge in [0.2, 0.25) is 5.91 Å². The fourth-order valence-corrected chi connectivity index (χ4v) is 3.74. The fraction of sp³-hybridized carbons (Fsp3) is 0.238. The normalized spacial score (nSPS) is 16.3. The smallest absolute Gasteiger partial charge is 0.243 e. The predicted molar refractivity (Wildman–Crippen MR) is 105 cm³/mol. The molecule has 4 rings (SSSR count). The lowest BCUT2D eigenvalue weighted by atomic mass is 9.99. The SMILES string of the molecule is Cc1cccc2cc([C@@H]3CC(c4ccco4)=NN3C(=O)CCC(=O)[O-])c(Cl)nc12. The topological polar surface area (TPSA) is 98.8 Å². The first-order valence-electron chi connectivity index (χ1n) is 9.13. The number of aryl methyl sites for hydroxylation is 1. The Hall–Kier alpha value is -3.19. The zero-order chi connectivity index (χ0) is 20.5. The van der Waals surface area contributed by atoms with Crippen LogP contribution in [0.1, 0.15) is 42.2 Å². The fourth-order valence-electron chi connectivity index (χ4n) is 3.47. The maximum absolute atomic E-state index is 12.7. The average molecular weight is 411 g/mol. The average Bonchev–Trinajstić information content (AvgIpc) is 3.36. The number of halogens is 1. The first kappa shape index (κ1) is 19.1. The first-order valence-corrected chi connectivity index (χ1v) is 9.51. The molecule has 0 N–H and O–H groups in total. The van der Waals surface area contributed by atoms with E-state index in [1.54, 1.807) is 12.1 Å². The molecule has 1 aliphatic rings. The maximum atomic E-state index is 12.7. The van der Waals surface area contributed by atoms with Crippen molar-refractivity contribution in [3.63, 3.8) is 0 Å². The van der Waals surface area contributed by atoms with Crippen LogP contribution >= 0.6 is 11.6 Å². The minimum absolute atomic E-state index is 0.217. The number of nitrogens with zero attached hydrogens (tertiary/aromatic N) is 3. The highest BCUT2D eigenvalue weighted by Gasteiger charge is 2.35. The standard InChI is InChI=1S/C21H18ClN3O4/c1-12-4-2-5-13-10-14(21(22)23-20(12)13)16-11-15(17-6-3-9-29-17)24-25(16)18(26)7-8-19(27)28/h2-6,9-10,16H,7-8,11H2,1H3,(H,27,28)/p-1/t16-/m0/s1. The number of carbonyl (C=O) groups excluding carboxylic acids is 2. The van der Waals surface area contributed by atoms with Crippen LogP contribution in [0.2, 0.25) is 5.15 Å². The Bertz CT molecular complexity index is 1120. The van der Waals surface area contributed by atoms with Crippen LogP contribution in [0.3, 0.4) is 0 Å². The Morgan fingerprint density at radius 1 is 1.28 bits per heavy atom. The van der Waals surface area contributed by atoms with E-state index in [1.807, 2.05) is 31.2 Å². The third-order valence-electron chi connectivity index (χ3n) is 4.90. The van der Waals surface area contributed by atoms with E-state index >= 15 is 0 Å². The van der Waals surface area contributed by atoms with Crippen LogP contribution in [0.5, 0.6) is 0 Å². The van der Waals surface area contributed by atoms with E-state index in [4.69, 9.17) is 16.0 Å². The summed E-state index contributed by atoms with van der Waals surface area (Å²) in [5, 5.41) is 17.7. The van der Waals surface area contributed by atoms with Crippen LogP contribution < -0.4 is 5.11 Å². The maximum Gasteiger partial charge on any atom is 0.243 e. The Kier molecular flexibility index (Phi) is 5.07. The molecule has 8 heteroatoms. The molecule has 0 radical (unpaired) electrons. The van der Waals surface area contributed by atoms with Crippen molar-refractivity contribution in [2.75, 3.05) is 0 Å². The van der Waals surface area contributed by atoms with Crippen molar-refractivity contribution in [3.05, 3.63) is 64.7 Å². The lowest BCUT2D eigenvalue weighted by Gasteiger charge is -2.23. The number of aromatic nitrogens is 1. The first-order chi connectivity index (χ1) is 13.9. The molecule has 1 amide bonds. The molecule has 0 saturated heterocycles. The number of fused-ring (bicyclic) bond motifs is 1. The van der Waals surface area contributed by atoms with E-state index in [0.29, 0.717) is 23.5 Å². The summed E-state index contributed by atoms with van der Waals surface area (Å²) in [5.74, 6) is -1.17. The summed E-state index contributed by atoms with van der Waals surface area (Å²) in [6.07, 6.45) is 1.31. The number of aliphatic carboxylic acids is 1. The third-order valence-corrected chi connectivity index (χ3v) is 5.20. The molecule has 0 spiro atoms. The molecular formula is C21H17ClN3O4-. The van der Waals surface area contributed by atoms with Crippen LogP contribution in [0.4, 0.5) is 0 Å². The minimum Gasteiger partial charge on any atom is -0.550 e. The second-order valence-electron chi connectivity index (χ2n) is 6.87. The van der Waals surface area contributed by atoms with E-state index < -0.39 is 17.9 Å². The molecule has 3 aromatic rings. The van der Waals surface area contributed by atoms with Crippen molar-refractivity contribution in [1.29, 1.82) is 0 Å². The summed E-state index contributed by atoms with van der Waals surface area (Å²) in [5.41, 5.74) is 3.03. The van der Waals surface area contributed by atoms with Crippen molar-refractivity contribution in [2.24, 2.45) is 5.10 Å². The molecule has 0 fully saturated rings. The monoisotopic (exact) mass is 410 g/mol. The van der Waals surface area contributed by atoms with Crippen molar-refractivity contribution >= 4 is 40.1 Å². The van der Waals surface area contributed by atoms with Gasteiger partial charge in [0.25, 0.3) is 0 Å². The second-order valence-corrected chi connectivity index (χ2v) is 7.23. The Labute approximate surface area is 171 Å². The van der Waals surface area contributed by atoms with Crippen LogP contribution in [0, 0.1) is 6.92 Å². The Morgan fingerprint density at radius 2 is 2.10 bits per heavy atom. The van der Waals surface area contributed by atoms with E-state index in [9.17, 15) is 14.7 Å². The number of furan rings is 1. The van der Waals surface area contributed by atoms with Crippen molar-refractivity contribution in [2.45, 2.75) is 32.2 Å². The second kappa shape index (κ2) is 7.67. The van der Waals surface area contributed by atoms with Gasteiger partial charge in [0.05, 0.1) is 17.8 Å². The van der Waals surface area contributed by atoms with Gasteiger partial charge in [-0.05, 0) is 37.1 Å². The molecule has 3 heterocycles. The van der Waals surface area contributed by atoms with E-state index in [-0.39, 0.29) is 18.0 Å². The molecule has 0 saturated carbocycles. The van der Waals surface area contributed by atoms with Gasteiger partial charge in [-0.2, -0.15) is 5.10 Å². The largest absolute Gasteiger partial charge is 0.550 e. The number of carboxylic acid groups (broad SMARTS) is 1. The lowest BCUT2D eigenvalue weighted by Crippen LogP contribution is -2.30. The van der Waals surface area contributed by atoms with Gasteiger partial charge in [-0.25, -0.2) is 9.99 Å². The number of para-hydroxylation sites is 1. The molecule has 1 aliphatic heterocycles. The van der Waals surface area contributed by atoms with Crippen LogP contribution in [0.25, 0.3) is 10.9 Å². The number of carbonyl (C=O) groups is 2. The van der Waals surface area contributed by atoms with Gasteiger partial charge in [0.1, 0.15) is 16.6 Å². The van der Waals surface area contributed by atoms with E-state index in [0.717, 1.165) is 16.5 Å². The Balaban J connectivity index is 1.74. The number of benzene rings is 1. The quantitative estimate of drug-likeness (QED) is 0.602. The third kappa shape index (κ3) is 3.73. The predicted octanol–water partition coefficient (Wildman–Crippen LogP) is 3.00. The molecule has 148 valence electrons. The number of hydrogen-bond donors (Lipinski definition) is 0. The molecule has 0 unspecified atom stereocenters. The summed E-state index contributed by atoms with van der Waals surface area (Å²) in [6.45, 7) is 1.95. The van der Waals surface area contributed by atoms with Gasteiger partial charge >= 0.3 is 0 Å². The molecule has 1 atom stereocenters. The van der Waals surface area contributed by atoms with Crippen LogP contribution in [-0.4, -0.2) is 27.6 Å². The molecule has 0 aliphatic carbocycles. The molecule has 2 aromatic heterocycles. The lowest BCUT2D eigenvalue weighted by molar-refractivity contribution is -0.305. The summed E-state index contributed by atoms with van der Waals surface area (Å²) >= 11 is 6.50. The summed E-state index contributed by atoms with van der Waals surface area (Å²) in [4.78, 5) is 28.0. The van der Waals surface area contributed by atoms with E-state index in [1.165, 1.54) is 11.3 Å². The van der Waals surface area contributed by atoms with Gasteiger partial charge < -0.3 is 14.3 Å². The highest BCUT2D eigenvalue weighted by Crippen LogP contribution is 2.38. The van der Waals surface area contributed by atoms with Crippen molar-refractivity contribution in [1.82, 2.24) is 9.99 Å². The molecule has 0 bridgehead atoms. The highest BCUT2D eigenvalue weighted by molar-refractivity contribution is 6.30. The minimum atomic E-state index is -1.29. The van der Waals surface area contributed by atoms with Crippen molar-refractivity contribution in [3.8, 4) is 0 Å². The number of carboxylic acids is 1. The zero-order valence-corrected chi connectivity index (χ0v) is 16.3. The van der Waals surface area contributed by atoms with Gasteiger partial charge in [-0.15, -0.1) is 0 Å². The molecular weight excluding hydrogens is 394 g/mol. The van der Waals surface area contributed by atoms with Gasteiger partial charge in [0, 0.05) is 29.8 Å². The van der Waals surface area contributed by atoms with Gasteiger partial charge in [-0.3, -0.25) is 4.79 Å². The Morgan fingerprint density at radius 3 is 2.83 bits per heavy atom. The number of rotatable bonds is 5. The number of pyridine rings is 1. The number of hydrogen-bond acceptors (Lipinski definition) is 6. The molecule has 29 heavy (non-hydrogen) atoms.